The molecule has 0 spiro atoms. The summed E-state index contributed by atoms with van der Waals surface area (Å²) in [6, 6.07) is 13.0. The van der Waals surface area contributed by atoms with Crippen LogP contribution in [0.4, 0.5) is 5.69 Å². The van der Waals surface area contributed by atoms with E-state index >= 15 is 0 Å². The van der Waals surface area contributed by atoms with Crippen LogP contribution in [0.15, 0.2) is 48.5 Å². The number of carbonyl (C=O) groups is 2. The summed E-state index contributed by atoms with van der Waals surface area (Å²) in [5, 5.41) is 2.94. The third-order valence-corrected chi connectivity index (χ3v) is 6.75. The normalized spacial score (nSPS) is 12.2. The van der Waals surface area contributed by atoms with Gasteiger partial charge in [-0.25, -0.2) is 8.42 Å². The van der Waals surface area contributed by atoms with Crippen LogP contribution in [0.3, 0.4) is 0 Å². The fourth-order valence-electron chi connectivity index (χ4n) is 3.27. The van der Waals surface area contributed by atoms with Crippen LogP contribution in [0, 0.1) is 0 Å². The summed E-state index contributed by atoms with van der Waals surface area (Å²) < 4.78 is 26.0. The Morgan fingerprint density at radius 3 is 2.25 bits per heavy atom. The predicted octanol–water partition coefficient (Wildman–Crippen LogP) is 3.70. The zero-order chi connectivity index (χ0) is 23.9. The van der Waals surface area contributed by atoms with Gasteiger partial charge < -0.3 is 10.2 Å². The molecule has 2 rings (SSSR count). The molecular weight excluding hydrogens is 473 g/mol. The number of hydrogen-bond donors (Lipinski definition) is 1. The van der Waals surface area contributed by atoms with Crippen LogP contribution in [0.1, 0.15) is 25.8 Å². The molecule has 0 saturated carbocycles. The topological polar surface area (TPSA) is 86.8 Å². The van der Waals surface area contributed by atoms with E-state index in [-0.39, 0.29) is 28.2 Å². The standard InChI is InChI=1S/C22H27Cl2N3O4S/c1-4-18(22(29)25-5-2)26(14-16-10-7-6-8-11-16)20(28)15-27(32(3,30)31)19-13-9-12-17(23)21(19)24/h6-13,18H,4-5,14-15H2,1-3H3,(H,25,29)/t18-/m1/s1. The first-order valence-corrected chi connectivity index (χ1v) is 12.7. The largest absolute Gasteiger partial charge is 0.355 e. The lowest BCUT2D eigenvalue weighted by Gasteiger charge is -2.33. The molecule has 0 bridgehead atoms. The van der Waals surface area contributed by atoms with Crippen molar-refractivity contribution in [3.63, 3.8) is 0 Å². The van der Waals surface area contributed by atoms with Gasteiger partial charge in [-0.15, -0.1) is 0 Å². The Bertz CT molecular complexity index is 1050. The number of nitrogens with one attached hydrogen (secondary N) is 1. The van der Waals surface area contributed by atoms with Crippen molar-refractivity contribution in [2.24, 2.45) is 0 Å². The van der Waals surface area contributed by atoms with Gasteiger partial charge in [-0.05, 0) is 31.0 Å². The molecule has 2 amide bonds. The summed E-state index contributed by atoms with van der Waals surface area (Å²) in [5.74, 6) is -0.834. The molecule has 0 aliphatic rings. The number of hydrogen-bond acceptors (Lipinski definition) is 4. The van der Waals surface area contributed by atoms with Crippen molar-refractivity contribution in [3.8, 4) is 0 Å². The molecular formula is C22H27Cl2N3O4S. The molecule has 7 nitrogen and oxygen atoms in total. The Kier molecular flexibility index (Phi) is 9.36. The Morgan fingerprint density at radius 1 is 1.03 bits per heavy atom. The number of carbonyl (C=O) groups excluding carboxylic acids is 2. The van der Waals surface area contributed by atoms with E-state index in [1.54, 1.807) is 19.9 Å². The molecule has 0 aromatic heterocycles. The summed E-state index contributed by atoms with van der Waals surface area (Å²) in [4.78, 5) is 27.5. The monoisotopic (exact) mass is 499 g/mol. The number of nitrogens with zero attached hydrogens (tertiary/aromatic N) is 2. The highest BCUT2D eigenvalue weighted by atomic mass is 35.5. The summed E-state index contributed by atoms with van der Waals surface area (Å²) in [7, 11) is -3.88. The van der Waals surface area contributed by atoms with Crippen molar-refractivity contribution in [3.05, 3.63) is 64.1 Å². The van der Waals surface area contributed by atoms with Gasteiger partial charge in [-0.3, -0.25) is 13.9 Å². The number of sulfonamides is 1. The van der Waals surface area contributed by atoms with Gasteiger partial charge in [-0.1, -0.05) is 66.5 Å². The summed E-state index contributed by atoms with van der Waals surface area (Å²) >= 11 is 12.3. The van der Waals surface area contributed by atoms with Crippen LogP contribution < -0.4 is 9.62 Å². The molecule has 0 heterocycles. The fraction of sp³-hybridized carbons (Fsp3) is 0.364. The number of anilines is 1. The molecule has 0 saturated heterocycles. The molecule has 0 fully saturated rings. The molecule has 10 heteroatoms. The molecule has 1 atom stereocenters. The quantitative estimate of drug-likeness (QED) is 0.539. The molecule has 0 radical (unpaired) electrons. The first-order valence-electron chi connectivity index (χ1n) is 10.1. The first-order chi connectivity index (χ1) is 15.1. The number of rotatable bonds is 10. The lowest BCUT2D eigenvalue weighted by molar-refractivity contribution is -0.140. The van der Waals surface area contributed by atoms with Gasteiger partial charge in [0.1, 0.15) is 12.6 Å². The zero-order valence-electron chi connectivity index (χ0n) is 18.2. The number of halogens is 2. The van der Waals surface area contributed by atoms with Gasteiger partial charge in [0, 0.05) is 13.1 Å². The average Bonchev–Trinajstić information content (AvgIpc) is 2.74. The van der Waals surface area contributed by atoms with E-state index in [9.17, 15) is 18.0 Å². The van der Waals surface area contributed by atoms with Crippen molar-refractivity contribution in [1.82, 2.24) is 10.2 Å². The smallest absolute Gasteiger partial charge is 0.244 e. The highest BCUT2D eigenvalue weighted by Crippen LogP contribution is 2.33. The van der Waals surface area contributed by atoms with Crippen molar-refractivity contribution in [1.29, 1.82) is 0 Å². The maximum atomic E-state index is 13.4. The van der Waals surface area contributed by atoms with E-state index in [1.165, 1.54) is 17.0 Å². The Balaban J connectivity index is 2.45. The van der Waals surface area contributed by atoms with Crippen molar-refractivity contribution in [2.75, 3.05) is 23.7 Å². The third-order valence-electron chi connectivity index (χ3n) is 4.81. The fourth-order valence-corrected chi connectivity index (χ4v) is 4.57. The third kappa shape index (κ3) is 6.60. The Hall–Kier alpha value is -2.29. The van der Waals surface area contributed by atoms with Crippen LogP contribution in [0.5, 0.6) is 0 Å². The number of benzene rings is 2. The Labute approximate surface area is 199 Å². The average molecular weight is 500 g/mol. The van der Waals surface area contributed by atoms with Gasteiger partial charge in [0.15, 0.2) is 0 Å². The van der Waals surface area contributed by atoms with Gasteiger partial charge in [0.2, 0.25) is 21.8 Å². The SMILES string of the molecule is CCNC(=O)[C@@H](CC)N(Cc1ccccc1)C(=O)CN(c1cccc(Cl)c1Cl)S(C)(=O)=O. The minimum absolute atomic E-state index is 0.0257. The molecule has 174 valence electrons. The lowest BCUT2D eigenvalue weighted by Crippen LogP contribution is -2.52. The highest BCUT2D eigenvalue weighted by molar-refractivity contribution is 7.92. The van der Waals surface area contributed by atoms with Crippen LogP contribution in [-0.4, -0.2) is 50.5 Å². The van der Waals surface area contributed by atoms with E-state index in [2.05, 4.69) is 5.32 Å². The van der Waals surface area contributed by atoms with E-state index in [4.69, 9.17) is 23.2 Å². The van der Waals surface area contributed by atoms with E-state index in [0.29, 0.717) is 13.0 Å². The van der Waals surface area contributed by atoms with Crippen molar-refractivity contribution >= 4 is 50.7 Å². The molecule has 0 aliphatic carbocycles. The number of likely N-dealkylation sites (N-methyl/N-ethyl adjacent to an activating group) is 1. The minimum atomic E-state index is -3.88. The summed E-state index contributed by atoms with van der Waals surface area (Å²) in [6.45, 7) is 3.63. The van der Waals surface area contributed by atoms with E-state index < -0.39 is 28.5 Å². The second-order valence-electron chi connectivity index (χ2n) is 7.17. The van der Waals surface area contributed by atoms with Crippen LogP contribution >= 0.6 is 23.2 Å². The molecule has 32 heavy (non-hydrogen) atoms. The van der Waals surface area contributed by atoms with Crippen LogP contribution in [-0.2, 0) is 26.2 Å². The minimum Gasteiger partial charge on any atom is -0.355 e. The van der Waals surface area contributed by atoms with E-state index in [1.807, 2.05) is 30.3 Å². The van der Waals surface area contributed by atoms with Crippen LogP contribution in [0.25, 0.3) is 0 Å². The van der Waals surface area contributed by atoms with Gasteiger partial charge in [0.05, 0.1) is 22.0 Å². The summed E-state index contributed by atoms with van der Waals surface area (Å²) in [6.07, 6.45) is 1.35. The molecule has 2 aromatic carbocycles. The van der Waals surface area contributed by atoms with Crippen molar-refractivity contribution < 1.29 is 18.0 Å². The summed E-state index contributed by atoms with van der Waals surface area (Å²) in [5.41, 5.74) is 0.913. The van der Waals surface area contributed by atoms with Crippen molar-refractivity contribution in [2.45, 2.75) is 32.9 Å². The molecule has 1 N–H and O–H groups in total. The first kappa shape index (κ1) is 26.0. The molecule has 0 aliphatic heterocycles. The van der Waals surface area contributed by atoms with Gasteiger partial charge in [0.25, 0.3) is 0 Å². The van der Waals surface area contributed by atoms with Gasteiger partial charge >= 0.3 is 0 Å². The predicted molar refractivity (Wildman–Crippen MR) is 128 cm³/mol. The van der Waals surface area contributed by atoms with Gasteiger partial charge in [-0.2, -0.15) is 0 Å². The molecule has 0 unspecified atom stereocenters. The lowest BCUT2D eigenvalue weighted by atomic mass is 10.1. The van der Waals surface area contributed by atoms with E-state index in [0.717, 1.165) is 16.1 Å². The molecule has 2 aromatic rings. The number of amides is 2. The van der Waals surface area contributed by atoms with Crippen LogP contribution in [0.2, 0.25) is 10.0 Å². The zero-order valence-corrected chi connectivity index (χ0v) is 20.5. The second kappa shape index (κ2) is 11.5. The highest BCUT2D eigenvalue weighted by Gasteiger charge is 2.32. The maximum absolute atomic E-state index is 13.4. The second-order valence-corrected chi connectivity index (χ2v) is 9.86. The maximum Gasteiger partial charge on any atom is 0.244 e. The Morgan fingerprint density at radius 2 is 1.69 bits per heavy atom.